The number of likely N-dealkylation sites (N-methyl/N-ethyl adjacent to an activating group) is 1. The van der Waals surface area contributed by atoms with Crippen LogP contribution in [0.4, 0.5) is 0 Å². The average molecular weight is 884 g/mol. The first-order valence-electron chi connectivity index (χ1n) is 25.6. The van der Waals surface area contributed by atoms with Crippen molar-refractivity contribution in [3.05, 3.63) is 24.3 Å². The van der Waals surface area contributed by atoms with Gasteiger partial charge in [-0.15, -0.1) is 0 Å². The first-order valence-corrected chi connectivity index (χ1v) is 27.0. The summed E-state index contributed by atoms with van der Waals surface area (Å²) in [5.41, 5.74) is 0. The molecule has 360 valence electrons. The van der Waals surface area contributed by atoms with E-state index in [0.29, 0.717) is 17.4 Å². The number of phosphoric acid groups is 1. The summed E-state index contributed by atoms with van der Waals surface area (Å²) in [6.07, 6.45) is 49.9. The molecule has 0 aliphatic carbocycles. The van der Waals surface area contributed by atoms with Gasteiger partial charge in [-0.2, -0.15) is 0 Å². The number of quaternary nitrogens is 1. The molecule has 0 bridgehead atoms. The third-order valence-electron chi connectivity index (χ3n) is 11.3. The van der Waals surface area contributed by atoms with Crippen LogP contribution in [0.5, 0.6) is 0 Å². The van der Waals surface area contributed by atoms with Crippen molar-refractivity contribution in [1.82, 2.24) is 0 Å². The van der Waals surface area contributed by atoms with Gasteiger partial charge in [-0.1, -0.05) is 231 Å². The highest BCUT2D eigenvalue weighted by Crippen LogP contribution is 2.38. The second kappa shape index (κ2) is 43.7. The summed E-state index contributed by atoms with van der Waals surface area (Å²) in [5.74, 6) is -1.07. The monoisotopic (exact) mass is 884 g/mol. The molecule has 0 aromatic heterocycles. The van der Waals surface area contributed by atoms with Gasteiger partial charge in [-0.3, -0.25) is 9.36 Å². The molecule has 0 aliphatic heterocycles. The highest BCUT2D eigenvalue weighted by molar-refractivity contribution is 7.45. The van der Waals surface area contributed by atoms with Gasteiger partial charge in [-0.25, -0.2) is 4.79 Å². The van der Waals surface area contributed by atoms with Gasteiger partial charge in [0.15, 0.2) is 6.10 Å². The Morgan fingerprint density at radius 1 is 0.541 bits per heavy atom. The molecule has 0 rings (SSSR count). The molecule has 0 amide bonds. The van der Waals surface area contributed by atoms with E-state index in [-0.39, 0.29) is 19.6 Å². The molecular formula is C51H98NO8P. The fraction of sp³-hybridized carbons (Fsp3) is 0.882. The van der Waals surface area contributed by atoms with Crippen molar-refractivity contribution in [2.24, 2.45) is 0 Å². The van der Waals surface area contributed by atoms with Crippen LogP contribution >= 0.6 is 7.82 Å². The van der Waals surface area contributed by atoms with E-state index in [4.69, 9.17) is 18.5 Å². The number of carbonyl (C=O) groups excluding carboxylic acids is 2. The lowest BCUT2D eigenvalue weighted by Crippen LogP contribution is -2.37. The summed E-state index contributed by atoms with van der Waals surface area (Å²) < 4.78 is 33.8. The molecule has 0 aromatic carbocycles. The number of unbranched alkanes of at least 4 members (excludes halogenated alkanes) is 32. The van der Waals surface area contributed by atoms with Crippen LogP contribution in [0.1, 0.15) is 239 Å². The van der Waals surface area contributed by atoms with Crippen molar-refractivity contribution in [1.29, 1.82) is 0 Å². The van der Waals surface area contributed by atoms with Crippen molar-refractivity contribution in [2.45, 2.75) is 245 Å². The third-order valence-corrected chi connectivity index (χ3v) is 12.3. The Balaban J connectivity index is 4.27. The van der Waals surface area contributed by atoms with Crippen LogP contribution in [0, 0.1) is 0 Å². The molecular weight excluding hydrogens is 786 g/mol. The molecule has 0 saturated heterocycles. The van der Waals surface area contributed by atoms with Crippen molar-refractivity contribution in [3.8, 4) is 0 Å². The minimum Gasteiger partial charge on any atom is -0.756 e. The van der Waals surface area contributed by atoms with Crippen LogP contribution < -0.4 is 4.89 Å². The van der Waals surface area contributed by atoms with Crippen molar-refractivity contribution >= 4 is 19.8 Å². The van der Waals surface area contributed by atoms with Crippen LogP contribution in [0.3, 0.4) is 0 Å². The van der Waals surface area contributed by atoms with Crippen LogP contribution in [0.2, 0.25) is 0 Å². The highest BCUT2D eigenvalue weighted by atomic mass is 31.2. The number of ether oxygens (including phenoxy) is 2. The number of nitrogens with zero attached hydrogens (tertiary/aromatic N) is 1. The predicted octanol–water partition coefficient (Wildman–Crippen LogP) is 14.5. The molecule has 0 fully saturated rings. The van der Waals surface area contributed by atoms with Gasteiger partial charge < -0.3 is 27.9 Å². The number of esters is 2. The zero-order valence-corrected chi connectivity index (χ0v) is 41.5. The fourth-order valence-electron chi connectivity index (χ4n) is 7.34. The lowest BCUT2D eigenvalue weighted by atomic mass is 10.0. The molecule has 0 saturated carbocycles. The van der Waals surface area contributed by atoms with E-state index in [2.05, 4.69) is 13.8 Å². The van der Waals surface area contributed by atoms with E-state index in [1.165, 1.54) is 186 Å². The molecule has 0 aliphatic rings. The summed E-state index contributed by atoms with van der Waals surface area (Å²) in [5, 5.41) is 0. The second-order valence-corrected chi connectivity index (χ2v) is 20.0. The van der Waals surface area contributed by atoms with E-state index >= 15 is 0 Å². The Morgan fingerprint density at radius 2 is 0.934 bits per heavy atom. The molecule has 9 nitrogen and oxygen atoms in total. The molecule has 0 heterocycles. The van der Waals surface area contributed by atoms with Gasteiger partial charge in [-0.05, 0) is 19.3 Å². The number of allylic oxidation sites excluding steroid dienone is 3. The van der Waals surface area contributed by atoms with Crippen molar-refractivity contribution < 1.29 is 42.1 Å². The van der Waals surface area contributed by atoms with E-state index in [0.717, 1.165) is 32.1 Å². The van der Waals surface area contributed by atoms with Crippen LogP contribution in [0.25, 0.3) is 0 Å². The Kier molecular flexibility index (Phi) is 42.6. The number of phosphoric ester groups is 1. The lowest BCUT2D eigenvalue weighted by Gasteiger charge is -2.28. The summed E-state index contributed by atoms with van der Waals surface area (Å²) in [6.45, 7) is 4.14. The number of carbonyl (C=O) groups is 2. The van der Waals surface area contributed by atoms with E-state index in [9.17, 15) is 19.0 Å². The standard InChI is InChI=1S/C51H98NO8P/c1-6-8-10-12-14-16-18-20-22-23-24-25-26-27-28-30-32-34-36-38-40-42-44-51(54)60-49(48-59-61(55,56)58-46-45-52(3,4)5)47-57-50(53)43-41-39-37-35-33-31-29-21-19-17-15-13-11-9-7-2/h37,39,41,43,49H,6-36,38,40,42,44-48H2,1-5H3/b39-37+,43-41+/t49-/m1/s1. The number of hydrogen-bond donors (Lipinski definition) is 0. The summed E-state index contributed by atoms with van der Waals surface area (Å²) in [7, 11) is 1.13. The quantitative estimate of drug-likeness (QED) is 0.0148. The molecule has 0 N–H and O–H groups in total. The van der Waals surface area contributed by atoms with E-state index in [1.807, 2.05) is 33.3 Å². The maximum absolute atomic E-state index is 12.7. The molecule has 0 aromatic rings. The maximum Gasteiger partial charge on any atom is 0.330 e. The topological polar surface area (TPSA) is 111 Å². The Labute approximate surface area is 377 Å². The Bertz CT molecular complexity index is 1090. The summed E-state index contributed by atoms with van der Waals surface area (Å²) in [6, 6.07) is 0. The number of hydrogen-bond acceptors (Lipinski definition) is 8. The first-order chi connectivity index (χ1) is 29.5. The van der Waals surface area contributed by atoms with Crippen molar-refractivity contribution in [2.75, 3.05) is 47.5 Å². The molecule has 10 heteroatoms. The predicted molar refractivity (Wildman–Crippen MR) is 254 cm³/mol. The summed E-state index contributed by atoms with van der Waals surface area (Å²) >= 11 is 0. The summed E-state index contributed by atoms with van der Waals surface area (Å²) in [4.78, 5) is 37.5. The maximum atomic E-state index is 12.7. The third kappa shape index (κ3) is 47.8. The van der Waals surface area contributed by atoms with Crippen molar-refractivity contribution in [3.63, 3.8) is 0 Å². The second-order valence-electron chi connectivity index (χ2n) is 18.6. The van der Waals surface area contributed by atoms with Gasteiger partial charge >= 0.3 is 11.9 Å². The van der Waals surface area contributed by atoms with E-state index in [1.54, 1.807) is 6.08 Å². The molecule has 0 radical (unpaired) electrons. The first kappa shape index (κ1) is 59.5. The minimum absolute atomic E-state index is 0.0409. The van der Waals surface area contributed by atoms with Gasteiger partial charge in [0.1, 0.15) is 19.8 Å². The zero-order valence-electron chi connectivity index (χ0n) is 40.6. The normalized spacial score (nSPS) is 13.6. The molecule has 0 spiro atoms. The molecule has 2 atom stereocenters. The number of rotatable bonds is 47. The smallest absolute Gasteiger partial charge is 0.330 e. The van der Waals surface area contributed by atoms with Gasteiger partial charge in [0, 0.05) is 12.5 Å². The largest absolute Gasteiger partial charge is 0.756 e. The van der Waals surface area contributed by atoms with Crippen LogP contribution in [-0.4, -0.2) is 70.0 Å². The average Bonchev–Trinajstić information content (AvgIpc) is 3.21. The zero-order chi connectivity index (χ0) is 45.0. The lowest BCUT2D eigenvalue weighted by molar-refractivity contribution is -0.870. The SMILES string of the molecule is CCCCCCCCCCCCC/C=C/C=C/C(=O)OC[C@H](COP(=O)([O-])OCC[N+](C)(C)C)OC(=O)CCCCCCCCCCCCCCCCCCCCCCCC. The Hall–Kier alpha value is -1.51. The fourth-order valence-corrected chi connectivity index (χ4v) is 8.06. The highest BCUT2D eigenvalue weighted by Gasteiger charge is 2.21. The van der Waals surface area contributed by atoms with Crippen LogP contribution in [0.15, 0.2) is 24.3 Å². The minimum atomic E-state index is -4.64. The molecule has 61 heavy (non-hydrogen) atoms. The van der Waals surface area contributed by atoms with Gasteiger partial charge in [0.05, 0.1) is 27.7 Å². The van der Waals surface area contributed by atoms with Gasteiger partial charge in [0.25, 0.3) is 7.82 Å². The Morgan fingerprint density at radius 3 is 1.34 bits per heavy atom. The van der Waals surface area contributed by atoms with Crippen LogP contribution in [-0.2, 0) is 32.7 Å². The molecule has 1 unspecified atom stereocenters. The van der Waals surface area contributed by atoms with Gasteiger partial charge in [0.2, 0.25) is 0 Å². The van der Waals surface area contributed by atoms with E-state index < -0.39 is 32.5 Å².